The van der Waals surface area contributed by atoms with Crippen molar-refractivity contribution >= 4 is 5.91 Å². The zero-order valence-corrected chi connectivity index (χ0v) is 13.7. The van der Waals surface area contributed by atoms with E-state index in [0.717, 1.165) is 11.1 Å². The Morgan fingerprint density at radius 2 is 1.92 bits per heavy atom. The van der Waals surface area contributed by atoms with E-state index in [1.165, 1.54) is 13.2 Å². The van der Waals surface area contributed by atoms with Gasteiger partial charge in [0.15, 0.2) is 0 Å². The molecule has 3 rings (SSSR count). The van der Waals surface area contributed by atoms with Crippen LogP contribution in [0.4, 0.5) is 0 Å². The molecule has 2 N–H and O–H groups in total. The van der Waals surface area contributed by atoms with E-state index in [1.807, 2.05) is 30.3 Å². The number of hydrogen-bond donors (Lipinski definition) is 2. The first-order chi connectivity index (χ1) is 12.2. The van der Waals surface area contributed by atoms with E-state index < -0.39 is 11.5 Å². The summed E-state index contributed by atoms with van der Waals surface area (Å²) in [5.74, 6) is -0.0112. The minimum Gasteiger partial charge on any atom is -0.481 e. The molecule has 0 aliphatic heterocycles. The zero-order valence-electron chi connectivity index (χ0n) is 13.7. The van der Waals surface area contributed by atoms with Crippen molar-refractivity contribution in [2.24, 2.45) is 0 Å². The fourth-order valence-electron chi connectivity index (χ4n) is 2.45. The van der Waals surface area contributed by atoms with E-state index in [1.54, 1.807) is 24.4 Å². The van der Waals surface area contributed by atoms with Gasteiger partial charge in [0.25, 0.3) is 11.5 Å². The molecule has 6 nitrogen and oxygen atoms in total. The predicted molar refractivity (Wildman–Crippen MR) is 94.5 cm³/mol. The molecule has 2 aromatic heterocycles. The maximum atomic E-state index is 12.3. The molecule has 0 fully saturated rings. The van der Waals surface area contributed by atoms with E-state index >= 15 is 0 Å². The molecule has 0 aliphatic carbocycles. The van der Waals surface area contributed by atoms with Crippen LogP contribution in [0.25, 0.3) is 11.3 Å². The molecule has 126 valence electrons. The van der Waals surface area contributed by atoms with Crippen LogP contribution < -0.4 is 15.6 Å². The van der Waals surface area contributed by atoms with Crippen molar-refractivity contribution < 1.29 is 9.53 Å². The summed E-state index contributed by atoms with van der Waals surface area (Å²) in [4.78, 5) is 31.3. The number of H-pyrrole nitrogens is 1. The number of benzene rings is 1. The van der Waals surface area contributed by atoms with E-state index in [9.17, 15) is 9.59 Å². The van der Waals surface area contributed by atoms with E-state index in [0.29, 0.717) is 11.6 Å². The Hall–Kier alpha value is -3.41. The van der Waals surface area contributed by atoms with Crippen molar-refractivity contribution in [2.45, 2.75) is 6.54 Å². The monoisotopic (exact) mass is 335 g/mol. The summed E-state index contributed by atoms with van der Waals surface area (Å²) in [6.07, 6.45) is 1.61. The number of hydrogen-bond acceptors (Lipinski definition) is 4. The minimum absolute atomic E-state index is 0.0579. The van der Waals surface area contributed by atoms with Gasteiger partial charge in [0.05, 0.1) is 7.11 Å². The Labute approximate surface area is 144 Å². The summed E-state index contributed by atoms with van der Waals surface area (Å²) >= 11 is 0. The third-order valence-electron chi connectivity index (χ3n) is 3.72. The number of amides is 1. The van der Waals surface area contributed by atoms with Crippen LogP contribution in [0.5, 0.6) is 5.88 Å². The summed E-state index contributed by atoms with van der Waals surface area (Å²) in [7, 11) is 1.51. The maximum Gasteiger partial charge on any atom is 0.261 e. The van der Waals surface area contributed by atoms with Gasteiger partial charge >= 0.3 is 0 Å². The van der Waals surface area contributed by atoms with Gasteiger partial charge < -0.3 is 15.0 Å². The number of nitrogens with one attached hydrogen (secondary N) is 2. The number of methoxy groups -OCH3 is 1. The fourth-order valence-corrected chi connectivity index (χ4v) is 2.45. The summed E-state index contributed by atoms with van der Waals surface area (Å²) in [5, 5.41) is 2.71. The van der Waals surface area contributed by atoms with E-state index in [-0.39, 0.29) is 12.1 Å². The lowest BCUT2D eigenvalue weighted by Crippen LogP contribution is -2.29. The first-order valence-corrected chi connectivity index (χ1v) is 7.74. The molecule has 25 heavy (non-hydrogen) atoms. The second-order valence-electron chi connectivity index (χ2n) is 5.34. The van der Waals surface area contributed by atoms with Crippen LogP contribution in [0.2, 0.25) is 0 Å². The van der Waals surface area contributed by atoms with Gasteiger partial charge in [0, 0.05) is 24.0 Å². The molecule has 0 radical (unpaired) electrons. The van der Waals surface area contributed by atoms with Crippen molar-refractivity contribution in [3.05, 3.63) is 82.3 Å². The Morgan fingerprint density at radius 1 is 1.12 bits per heavy atom. The van der Waals surface area contributed by atoms with Crippen LogP contribution in [-0.4, -0.2) is 23.0 Å². The molecule has 3 aromatic rings. The third-order valence-corrected chi connectivity index (χ3v) is 3.72. The van der Waals surface area contributed by atoms with Crippen molar-refractivity contribution in [3.63, 3.8) is 0 Å². The molecule has 0 aliphatic rings. The number of nitrogens with zero attached hydrogens (tertiary/aromatic N) is 1. The molecule has 0 atom stereocenters. The largest absolute Gasteiger partial charge is 0.481 e. The van der Waals surface area contributed by atoms with Gasteiger partial charge in [-0.2, -0.15) is 0 Å². The van der Waals surface area contributed by atoms with Gasteiger partial charge in [-0.25, -0.2) is 4.98 Å². The lowest BCUT2D eigenvalue weighted by atomic mass is 10.1. The van der Waals surface area contributed by atoms with Crippen molar-refractivity contribution in [2.75, 3.05) is 7.11 Å². The summed E-state index contributed by atoms with van der Waals surface area (Å²) in [6.45, 7) is 0.218. The molecule has 0 saturated carbocycles. The van der Waals surface area contributed by atoms with Crippen molar-refractivity contribution in [3.8, 4) is 17.1 Å². The zero-order chi connectivity index (χ0) is 17.6. The van der Waals surface area contributed by atoms with Gasteiger partial charge in [-0.15, -0.1) is 0 Å². The Balaban J connectivity index is 1.75. The first-order valence-electron chi connectivity index (χ1n) is 7.74. The average Bonchev–Trinajstić information content (AvgIpc) is 2.67. The number of aromatic nitrogens is 2. The quantitative estimate of drug-likeness (QED) is 0.750. The molecule has 0 bridgehead atoms. The lowest BCUT2D eigenvalue weighted by molar-refractivity contribution is 0.0949. The fraction of sp³-hybridized carbons (Fsp3) is 0.105. The number of carbonyl (C=O) groups is 1. The van der Waals surface area contributed by atoms with Gasteiger partial charge in [0.1, 0.15) is 5.56 Å². The number of pyridine rings is 2. The molecule has 2 heterocycles. The van der Waals surface area contributed by atoms with Crippen LogP contribution in [0.3, 0.4) is 0 Å². The maximum absolute atomic E-state index is 12.3. The molecule has 1 aromatic carbocycles. The molecular weight excluding hydrogens is 318 g/mol. The van der Waals surface area contributed by atoms with Crippen molar-refractivity contribution in [1.82, 2.24) is 15.3 Å². The Morgan fingerprint density at radius 3 is 2.64 bits per heavy atom. The van der Waals surface area contributed by atoms with E-state index in [4.69, 9.17) is 4.74 Å². The molecule has 0 unspecified atom stereocenters. The third kappa shape index (κ3) is 3.74. The molecule has 0 saturated heterocycles. The predicted octanol–water partition coefficient (Wildman–Crippen LogP) is 2.38. The normalized spacial score (nSPS) is 10.3. The Kier molecular flexibility index (Phi) is 4.89. The highest BCUT2D eigenvalue weighted by atomic mass is 16.5. The summed E-state index contributed by atoms with van der Waals surface area (Å²) in [5.41, 5.74) is 1.90. The highest BCUT2D eigenvalue weighted by Gasteiger charge is 2.12. The molecule has 0 spiro atoms. The van der Waals surface area contributed by atoms with Gasteiger partial charge in [-0.05, 0) is 23.8 Å². The summed E-state index contributed by atoms with van der Waals surface area (Å²) < 4.78 is 5.14. The minimum atomic E-state index is -0.452. The molecular formula is C19H17N3O3. The van der Waals surface area contributed by atoms with Crippen LogP contribution >= 0.6 is 0 Å². The second kappa shape index (κ2) is 7.44. The topological polar surface area (TPSA) is 84.1 Å². The van der Waals surface area contributed by atoms with Crippen LogP contribution in [0.1, 0.15) is 15.9 Å². The first kappa shape index (κ1) is 16.4. The highest BCUT2D eigenvalue weighted by molar-refractivity contribution is 5.94. The van der Waals surface area contributed by atoms with E-state index in [2.05, 4.69) is 15.3 Å². The molecule has 1 amide bonds. The average molecular weight is 335 g/mol. The number of aromatic amines is 1. The number of ether oxygens (including phenoxy) is 1. The smallest absolute Gasteiger partial charge is 0.261 e. The number of carbonyl (C=O) groups excluding carboxylic acids is 1. The SMILES string of the molecule is COc1ncccc1CNC(=O)c1ccc(-c2ccccc2)[nH]c1=O. The van der Waals surface area contributed by atoms with Crippen LogP contribution in [0, 0.1) is 0 Å². The summed E-state index contributed by atoms with van der Waals surface area (Å²) in [6, 6.07) is 16.2. The van der Waals surface area contributed by atoms with Crippen molar-refractivity contribution in [1.29, 1.82) is 0 Å². The number of rotatable bonds is 5. The second-order valence-corrected chi connectivity index (χ2v) is 5.34. The van der Waals surface area contributed by atoms with Gasteiger partial charge in [0.2, 0.25) is 5.88 Å². The Bertz CT molecular complexity index is 936. The van der Waals surface area contributed by atoms with Gasteiger partial charge in [-0.3, -0.25) is 9.59 Å². The van der Waals surface area contributed by atoms with Crippen LogP contribution in [0.15, 0.2) is 65.6 Å². The molecule has 6 heteroatoms. The standard InChI is InChI=1S/C19H17N3O3/c1-25-19-14(8-5-11-20-19)12-21-17(23)15-9-10-16(22-18(15)24)13-6-3-2-4-7-13/h2-11H,12H2,1H3,(H,21,23)(H,22,24). The highest BCUT2D eigenvalue weighted by Crippen LogP contribution is 2.15. The lowest BCUT2D eigenvalue weighted by Gasteiger charge is -2.09. The van der Waals surface area contributed by atoms with Crippen LogP contribution in [-0.2, 0) is 6.54 Å². The van der Waals surface area contributed by atoms with Gasteiger partial charge in [-0.1, -0.05) is 36.4 Å².